The molecule has 0 aliphatic heterocycles. The number of hydrogen-bond acceptors (Lipinski definition) is 3. The van der Waals surface area contributed by atoms with E-state index >= 15 is 0 Å². The molecule has 1 fully saturated rings. The summed E-state index contributed by atoms with van der Waals surface area (Å²) < 4.78 is 5.45. The van der Waals surface area contributed by atoms with Gasteiger partial charge in [0, 0.05) is 30.4 Å². The molecular formula is C17H26N2O2. The van der Waals surface area contributed by atoms with E-state index in [0.717, 1.165) is 30.5 Å². The van der Waals surface area contributed by atoms with Crippen molar-refractivity contribution in [2.75, 3.05) is 12.4 Å². The predicted octanol–water partition coefficient (Wildman–Crippen LogP) is 3.19. The van der Waals surface area contributed by atoms with E-state index in [9.17, 15) is 4.79 Å². The van der Waals surface area contributed by atoms with Crippen molar-refractivity contribution >= 4 is 11.6 Å². The summed E-state index contributed by atoms with van der Waals surface area (Å²) in [5.74, 6) is 0.0256. The minimum Gasteiger partial charge on any atom is -0.382 e. The predicted molar refractivity (Wildman–Crippen MR) is 85.7 cm³/mol. The third-order valence-corrected chi connectivity index (χ3v) is 3.82. The molecule has 0 bridgehead atoms. The maximum atomic E-state index is 11.9. The number of carbonyl (C=O) groups excluding carboxylic acids is 1. The summed E-state index contributed by atoms with van der Waals surface area (Å²) >= 11 is 0. The molecule has 1 unspecified atom stereocenters. The van der Waals surface area contributed by atoms with Crippen LogP contribution in [-0.2, 0) is 4.74 Å². The second kappa shape index (κ2) is 6.48. The Morgan fingerprint density at radius 2 is 1.95 bits per heavy atom. The van der Waals surface area contributed by atoms with E-state index in [4.69, 9.17) is 4.74 Å². The highest BCUT2D eigenvalue weighted by Crippen LogP contribution is 2.21. The molecule has 1 aromatic carbocycles. The Morgan fingerprint density at radius 1 is 1.33 bits per heavy atom. The molecule has 0 radical (unpaired) electrons. The SMILES string of the molecule is COC(C)(C)CC(C)Nc1ccc(C(=O)NC2CC2)cc1. The van der Waals surface area contributed by atoms with Crippen LogP contribution in [0.1, 0.15) is 50.4 Å². The van der Waals surface area contributed by atoms with E-state index in [0.29, 0.717) is 12.1 Å². The third kappa shape index (κ3) is 5.05. The molecule has 1 saturated carbocycles. The molecule has 1 aliphatic carbocycles. The van der Waals surface area contributed by atoms with Gasteiger partial charge in [0.25, 0.3) is 5.91 Å². The second-order valence-electron chi connectivity index (χ2n) is 6.54. The summed E-state index contributed by atoms with van der Waals surface area (Å²) in [6.45, 7) is 6.29. The van der Waals surface area contributed by atoms with Gasteiger partial charge in [-0.15, -0.1) is 0 Å². The zero-order valence-electron chi connectivity index (χ0n) is 13.4. The first-order chi connectivity index (χ1) is 9.89. The summed E-state index contributed by atoms with van der Waals surface area (Å²) in [4.78, 5) is 11.9. The number of ether oxygens (including phenoxy) is 1. The fourth-order valence-electron chi connectivity index (χ4n) is 2.37. The number of anilines is 1. The average molecular weight is 290 g/mol. The monoisotopic (exact) mass is 290 g/mol. The third-order valence-electron chi connectivity index (χ3n) is 3.82. The van der Waals surface area contributed by atoms with E-state index in [2.05, 4.69) is 31.4 Å². The van der Waals surface area contributed by atoms with Gasteiger partial charge >= 0.3 is 0 Å². The van der Waals surface area contributed by atoms with E-state index in [1.54, 1.807) is 7.11 Å². The number of methoxy groups -OCH3 is 1. The number of amides is 1. The first-order valence-corrected chi connectivity index (χ1v) is 7.62. The lowest BCUT2D eigenvalue weighted by atomic mass is 9.99. The first-order valence-electron chi connectivity index (χ1n) is 7.62. The Morgan fingerprint density at radius 3 is 2.48 bits per heavy atom. The van der Waals surface area contributed by atoms with Crippen LogP contribution in [0, 0.1) is 0 Å². The zero-order chi connectivity index (χ0) is 15.5. The maximum absolute atomic E-state index is 11.9. The number of rotatable bonds is 7. The van der Waals surface area contributed by atoms with Gasteiger partial charge in [-0.05, 0) is 64.3 Å². The average Bonchev–Trinajstić information content (AvgIpc) is 3.22. The van der Waals surface area contributed by atoms with Crippen molar-refractivity contribution in [3.63, 3.8) is 0 Å². The molecule has 1 aromatic rings. The Balaban J connectivity index is 1.88. The van der Waals surface area contributed by atoms with Crippen molar-refractivity contribution in [2.45, 2.75) is 57.7 Å². The molecule has 1 aliphatic rings. The zero-order valence-corrected chi connectivity index (χ0v) is 13.4. The van der Waals surface area contributed by atoms with Crippen molar-refractivity contribution in [3.05, 3.63) is 29.8 Å². The number of hydrogen-bond donors (Lipinski definition) is 2. The Kier molecular flexibility index (Phi) is 4.88. The van der Waals surface area contributed by atoms with Gasteiger partial charge in [-0.25, -0.2) is 0 Å². The van der Waals surface area contributed by atoms with Crippen LogP contribution in [0.4, 0.5) is 5.69 Å². The summed E-state index contributed by atoms with van der Waals surface area (Å²) in [5, 5.41) is 6.43. The van der Waals surface area contributed by atoms with Crippen LogP contribution >= 0.6 is 0 Å². The van der Waals surface area contributed by atoms with Gasteiger partial charge in [0.05, 0.1) is 5.60 Å². The highest BCUT2D eigenvalue weighted by Gasteiger charge is 2.24. The lowest BCUT2D eigenvalue weighted by molar-refractivity contribution is 0.0128. The van der Waals surface area contributed by atoms with Crippen molar-refractivity contribution in [2.24, 2.45) is 0 Å². The van der Waals surface area contributed by atoms with E-state index in [-0.39, 0.29) is 11.5 Å². The highest BCUT2D eigenvalue weighted by atomic mass is 16.5. The van der Waals surface area contributed by atoms with E-state index in [1.807, 2.05) is 24.3 Å². The molecule has 21 heavy (non-hydrogen) atoms. The first kappa shape index (κ1) is 15.8. The molecule has 4 nitrogen and oxygen atoms in total. The maximum Gasteiger partial charge on any atom is 0.251 e. The molecule has 1 amide bonds. The number of carbonyl (C=O) groups is 1. The van der Waals surface area contributed by atoms with Crippen LogP contribution in [0.2, 0.25) is 0 Å². The fraction of sp³-hybridized carbons (Fsp3) is 0.588. The van der Waals surface area contributed by atoms with Crippen LogP contribution in [0.15, 0.2) is 24.3 Å². The summed E-state index contributed by atoms with van der Waals surface area (Å²) in [5.41, 5.74) is 1.60. The molecule has 0 heterocycles. The van der Waals surface area contributed by atoms with Gasteiger partial charge in [0.1, 0.15) is 0 Å². The van der Waals surface area contributed by atoms with Crippen LogP contribution < -0.4 is 10.6 Å². The minimum atomic E-state index is -0.142. The molecule has 2 N–H and O–H groups in total. The molecule has 4 heteroatoms. The molecule has 1 atom stereocenters. The second-order valence-corrected chi connectivity index (χ2v) is 6.54. The lowest BCUT2D eigenvalue weighted by Crippen LogP contribution is -2.31. The van der Waals surface area contributed by atoms with Crippen LogP contribution in [0.3, 0.4) is 0 Å². The Bertz CT molecular complexity index is 478. The van der Waals surface area contributed by atoms with Crippen molar-refractivity contribution in [1.29, 1.82) is 0 Å². The smallest absolute Gasteiger partial charge is 0.251 e. The van der Waals surface area contributed by atoms with Gasteiger partial charge < -0.3 is 15.4 Å². The van der Waals surface area contributed by atoms with Crippen molar-refractivity contribution < 1.29 is 9.53 Å². The summed E-state index contributed by atoms with van der Waals surface area (Å²) in [6.07, 6.45) is 3.13. The van der Waals surface area contributed by atoms with Gasteiger partial charge in [-0.2, -0.15) is 0 Å². The highest BCUT2D eigenvalue weighted by molar-refractivity contribution is 5.94. The van der Waals surface area contributed by atoms with Gasteiger partial charge in [-0.1, -0.05) is 0 Å². The molecule has 0 saturated heterocycles. The summed E-state index contributed by atoms with van der Waals surface area (Å²) in [6, 6.07) is 8.34. The molecular weight excluding hydrogens is 264 g/mol. The Hall–Kier alpha value is -1.55. The number of nitrogens with one attached hydrogen (secondary N) is 2. The largest absolute Gasteiger partial charge is 0.382 e. The van der Waals surface area contributed by atoms with Crippen LogP contribution in [0.25, 0.3) is 0 Å². The van der Waals surface area contributed by atoms with Gasteiger partial charge in [0.15, 0.2) is 0 Å². The molecule has 0 spiro atoms. The van der Waals surface area contributed by atoms with Gasteiger partial charge in [0.2, 0.25) is 0 Å². The van der Waals surface area contributed by atoms with Crippen LogP contribution in [-0.4, -0.2) is 30.7 Å². The minimum absolute atomic E-state index is 0.0256. The van der Waals surface area contributed by atoms with E-state index in [1.165, 1.54) is 0 Å². The lowest BCUT2D eigenvalue weighted by Gasteiger charge is -2.27. The van der Waals surface area contributed by atoms with Gasteiger partial charge in [-0.3, -0.25) is 4.79 Å². The van der Waals surface area contributed by atoms with Crippen LogP contribution in [0.5, 0.6) is 0 Å². The fourth-order valence-corrected chi connectivity index (χ4v) is 2.37. The quantitative estimate of drug-likeness (QED) is 0.811. The number of benzene rings is 1. The molecule has 2 rings (SSSR count). The standard InChI is InChI=1S/C17H26N2O2/c1-12(11-17(2,3)21-4)18-14-7-5-13(6-8-14)16(20)19-15-9-10-15/h5-8,12,15,18H,9-11H2,1-4H3,(H,19,20). The topological polar surface area (TPSA) is 50.4 Å². The Labute approximate surface area is 127 Å². The normalized spacial score (nSPS) is 16.4. The molecule has 116 valence electrons. The van der Waals surface area contributed by atoms with E-state index < -0.39 is 0 Å². The molecule has 0 aromatic heterocycles. The van der Waals surface area contributed by atoms with Crippen molar-refractivity contribution in [3.8, 4) is 0 Å². The summed E-state index contributed by atoms with van der Waals surface area (Å²) in [7, 11) is 1.74. The van der Waals surface area contributed by atoms with Crippen molar-refractivity contribution in [1.82, 2.24) is 5.32 Å².